The van der Waals surface area contributed by atoms with Gasteiger partial charge in [0.05, 0.1) is 43.2 Å². The number of hydrogen-bond acceptors (Lipinski definition) is 15. The number of hydrogen-bond donors (Lipinski definition) is 1. The van der Waals surface area contributed by atoms with Gasteiger partial charge in [0.1, 0.15) is 51.6 Å². The molecule has 1 N–H and O–H groups in total. The fourth-order valence-electron chi connectivity index (χ4n) is 6.75. The molecule has 53 heavy (non-hydrogen) atoms. The molecule has 3 aliphatic rings. The Balaban J connectivity index is 0.000000153. The normalized spacial score (nSPS) is 14.5. The first-order valence-corrected chi connectivity index (χ1v) is 18.4. The summed E-state index contributed by atoms with van der Waals surface area (Å²) < 4.78 is 15.4. The molecule has 0 spiro atoms. The van der Waals surface area contributed by atoms with Crippen LogP contribution in [0.25, 0.3) is 20.4 Å². The highest BCUT2D eigenvalue weighted by molar-refractivity contribution is 7.19. The molecule has 10 rings (SSSR count). The minimum Gasteiger partial charge on any atom is -0.495 e. The van der Waals surface area contributed by atoms with E-state index >= 15 is 0 Å². The molecule has 15 nitrogen and oxygen atoms in total. The van der Waals surface area contributed by atoms with Crippen molar-refractivity contribution in [1.29, 1.82) is 0 Å². The Morgan fingerprint density at radius 1 is 0.830 bits per heavy atom. The van der Waals surface area contributed by atoms with E-state index in [1.54, 1.807) is 45.9 Å². The summed E-state index contributed by atoms with van der Waals surface area (Å²) in [5, 5.41) is 5.86. The summed E-state index contributed by atoms with van der Waals surface area (Å²) in [6.45, 7) is 2.94. The lowest BCUT2D eigenvalue weighted by Crippen LogP contribution is -2.35. The number of ether oxygens (including phenoxy) is 1. The number of fused-ring (bicyclic) bond motifs is 7. The van der Waals surface area contributed by atoms with Gasteiger partial charge in [0.2, 0.25) is 0 Å². The molecule has 0 unspecified atom stereocenters. The van der Waals surface area contributed by atoms with Crippen LogP contribution < -0.4 is 10.1 Å². The fraction of sp³-hybridized carbons (Fsp3) is 0.229. The number of anilines is 2. The number of aromatic nitrogens is 6. The van der Waals surface area contributed by atoms with Crippen molar-refractivity contribution in [3.8, 4) is 5.75 Å². The molecule has 7 aromatic rings. The second kappa shape index (κ2) is 13.6. The number of nitrogens with one attached hydrogen (secondary N) is 1. The van der Waals surface area contributed by atoms with Gasteiger partial charge in [-0.05, 0) is 47.2 Å². The van der Waals surface area contributed by atoms with Crippen LogP contribution >= 0.6 is 34.3 Å². The Labute approximate surface area is 313 Å². The van der Waals surface area contributed by atoms with Crippen LogP contribution in [-0.4, -0.2) is 77.9 Å². The summed E-state index contributed by atoms with van der Waals surface area (Å²) in [4.78, 5) is 62.1. The highest BCUT2D eigenvalue weighted by Crippen LogP contribution is 2.40. The monoisotopic (exact) mass is 766 g/mol. The predicted octanol–water partition coefficient (Wildman–Crippen LogP) is 6.09. The zero-order valence-corrected chi connectivity index (χ0v) is 30.3. The minimum atomic E-state index is -0.129. The molecule has 0 fully saturated rings. The van der Waals surface area contributed by atoms with Crippen molar-refractivity contribution < 1.29 is 23.2 Å². The van der Waals surface area contributed by atoms with E-state index in [2.05, 4.69) is 40.2 Å². The van der Waals surface area contributed by atoms with E-state index < -0.39 is 0 Å². The average Bonchev–Trinajstić information content (AvgIpc) is 4.03. The number of nitrogens with zero attached hydrogens (tertiary/aromatic N) is 9. The number of benzene rings is 1. The van der Waals surface area contributed by atoms with Gasteiger partial charge >= 0.3 is 0 Å². The van der Waals surface area contributed by atoms with Crippen LogP contribution in [-0.2, 0) is 32.5 Å². The smallest absolute Gasteiger partial charge is 0.276 e. The molecule has 0 saturated heterocycles. The van der Waals surface area contributed by atoms with Gasteiger partial charge in [-0.2, -0.15) is 0 Å². The Kier molecular flexibility index (Phi) is 8.52. The van der Waals surface area contributed by atoms with Crippen LogP contribution in [0.5, 0.6) is 5.75 Å². The molecular weight excluding hydrogens is 740 g/mol. The van der Waals surface area contributed by atoms with Crippen LogP contribution in [0.2, 0.25) is 5.15 Å². The molecule has 18 heteroatoms. The van der Waals surface area contributed by atoms with Gasteiger partial charge in [-0.15, -0.1) is 22.7 Å². The van der Waals surface area contributed by atoms with E-state index in [1.165, 1.54) is 37.2 Å². The molecular formula is C35H27ClN10O5S2. The van der Waals surface area contributed by atoms with Gasteiger partial charge in [-0.3, -0.25) is 14.6 Å². The Bertz CT molecular complexity index is 2550. The Morgan fingerprint density at radius 3 is 2.08 bits per heavy atom. The number of aliphatic imine (C=N–C) groups is 1. The fourth-order valence-corrected chi connectivity index (χ4v) is 9.46. The molecule has 266 valence electrons. The first-order chi connectivity index (χ1) is 25.9. The second-order valence-electron chi connectivity index (χ2n) is 12.3. The molecule has 0 radical (unpaired) electrons. The molecule has 6 aromatic heterocycles. The van der Waals surface area contributed by atoms with E-state index in [0.717, 1.165) is 77.0 Å². The molecule has 2 amide bonds. The lowest BCUT2D eigenvalue weighted by molar-refractivity contribution is 0.0724. The number of halogens is 1. The number of methoxy groups -OCH3 is 1. The maximum absolute atomic E-state index is 12.7. The maximum atomic E-state index is 12.7. The van der Waals surface area contributed by atoms with E-state index in [-0.39, 0.29) is 11.8 Å². The van der Waals surface area contributed by atoms with Crippen LogP contribution in [0.4, 0.5) is 11.5 Å². The van der Waals surface area contributed by atoms with E-state index in [9.17, 15) is 9.59 Å². The van der Waals surface area contributed by atoms with Crippen molar-refractivity contribution in [2.24, 2.45) is 4.99 Å². The predicted molar refractivity (Wildman–Crippen MR) is 197 cm³/mol. The third kappa shape index (κ3) is 6.05. The van der Waals surface area contributed by atoms with Crippen molar-refractivity contribution in [2.45, 2.75) is 32.5 Å². The lowest BCUT2D eigenvalue weighted by atomic mass is 10.0. The van der Waals surface area contributed by atoms with Gasteiger partial charge in [-0.25, -0.2) is 29.9 Å². The summed E-state index contributed by atoms with van der Waals surface area (Å²) in [5.41, 5.74) is 6.04. The highest BCUT2D eigenvalue weighted by atomic mass is 35.5. The first-order valence-electron chi connectivity index (χ1n) is 16.4. The Morgan fingerprint density at radius 2 is 1.45 bits per heavy atom. The van der Waals surface area contributed by atoms with Crippen molar-refractivity contribution >= 4 is 84.2 Å². The third-order valence-corrected chi connectivity index (χ3v) is 11.8. The second-order valence-corrected chi connectivity index (χ2v) is 14.8. The van der Waals surface area contributed by atoms with Crippen molar-refractivity contribution in [3.05, 3.63) is 98.7 Å². The number of rotatable bonds is 5. The molecule has 1 aromatic carbocycles. The zero-order valence-electron chi connectivity index (χ0n) is 27.9. The maximum Gasteiger partial charge on any atom is 0.276 e. The zero-order chi connectivity index (χ0) is 36.1. The number of carbonyl (C=O) groups is 2. The summed E-state index contributed by atoms with van der Waals surface area (Å²) in [6.07, 6.45) is 11.6. The van der Waals surface area contributed by atoms with Crippen molar-refractivity contribution in [1.82, 2.24) is 39.7 Å². The average molecular weight is 767 g/mol. The van der Waals surface area contributed by atoms with Gasteiger partial charge in [0.25, 0.3) is 11.8 Å². The molecule has 0 atom stereocenters. The standard InChI is InChI=1S/C22H18N6O3S.C13H9ClN4O2S/c1-30-17-5-13-7-23-6-12(13)4-15(17)27-20-19-14-2-3-28(22(29)16-9-31-11-26-16)8-18(14)32-21(19)25-10-24-20;14-11-10-7-1-2-18(13(19)8-4-20-6-17-8)3-9(7)21-12(10)16-5-15-11/h4-6,9-11H,2-3,7-8H2,1H3,(H,24,25,27);4-6H,1-3H2. The number of amides is 2. The van der Waals surface area contributed by atoms with E-state index in [4.69, 9.17) is 25.2 Å². The van der Waals surface area contributed by atoms with Gasteiger partial charge in [0, 0.05) is 29.1 Å². The quantitative estimate of drug-likeness (QED) is 0.200. The Hall–Kier alpha value is -5.78. The topological polar surface area (TPSA) is 178 Å². The highest BCUT2D eigenvalue weighted by Gasteiger charge is 2.29. The molecule has 0 saturated carbocycles. The number of thiophene rings is 2. The van der Waals surface area contributed by atoms with E-state index in [0.29, 0.717) is 49.3 Å². The molecule has 0 aliphatic carbocycles. The molecule has 3 aliphatic heterocycles. The van der Waals surface area contributed by atoms with Crippen molar-refractivity contribution in [3.63, 3.8) is 0 Å². The SMILES string of the molecule is COc1cc2c(cc1Nc1ncnc3sc4c(c13)CCN(C(=O)c1cocn1)C4)C=NC2.O=C(c1cocn1)N1CCc2c(sc3ncnc(Cl)c23)C1. The molecule has 0 bridgehead atoms. The summed E-state index contributed by atoms with van der Waals surface area (Å²) in [5.74, 6) is 1.23. The summed E-state index contributed by atoms with van der Waals surface area (Å²) >= 11 is 9.32. The van der Waals surface area contributed by atoms with Gasteiger partial charge in [-0.1, -0.05) is 11.6 Å². The largest absolute Gasteiger partial charge is 0.495 e. The molecule has 9 heterocycles. The van der Waals surface area contributed by atoms with Crippen molar-refractivity contribution in [2.75, 3.05) is 25.5 Å². The van der Waals surface area contributed by atoms with Crippen LogP contribution in [0.1, 0.15) is 53.0 Å². The van der Waals surface area contributed by atoms with Crippen LogP contribution in [0, 0.1) is 0 Å². The first kappa shape index (κ1) is 33.1. The summed E-state index contributed by atoms with van der Waals surface area (Å²) in [7, 11) is 1.66. The van der Waals surface area contributed by atoms with Crippen LogP contribution in [0.15, 0.2) is 63.9 Å². The summed E-state index contributed by atoms with van der Waals surface area (Å²) in [6, 6.07) is 4.05. The van der Waals surface area contributed by atoms with E-state index in [1.807, 2.05) is 18.3 Å². The van der Waals surface area contributed by atoms with Crippen LogP contribution in [0.3, 0.4) is 0 Å². The third-order valence-electron chi connectivity index (χ3n) is 9.31. The minimum absolute atomic E-state index is 0.121. The van der Waals surface area contributed by atoms with Gasteiger partial charge in [0.15, 0.2) is 24.2 Å². The van der Waals surface area contributed by atoms with Gasteiger partial charge < -0.3 is 28.7 Å². The number of carbonyl (C=O) groups excluding carboxylic acids is 2. The number of oxazole rings is 2. The lowest BCUT2D eigenvalue weighted by Gasteiger charge is -2.26.